The van der Waals surface area contributed by atoms with E-state index < -0.39 is 23.9 Å². The third-order valence-corrected chi connectivity index (χ3v) is 3.17. The average molecular weight is 240 g/mol. The fourth-order valence-electron chi connectivity index (χ4n) is 2.13. The number of phenolic OH excluding ortho intramolecular Hbond substituents is 1. The van der Waals surface area contributed by atoms with E-state index in [-0.39, 0.29) is 12.4 Å². The van der Waals surface area contributed by atoms with Crippen LogP contribution < -0.4 is 0 Å². The molecule has 0 spiro atoms. The monoisotopic (exact) mass is 240 g/mol. The SMILES string of the molecule is C[C@@]1(O)[C@H](O)[C@@H](CO)O[C@H]1c1ccc(O)cc1. The van der Waals surface area contributed by atoms with E-state index in [0.717, 1.165) is 0 Å². The lowest BCUT2D eigenvalue weighted by molar-refractivity contribution is -0.0645. The first-order valence-corrected chi connectivity index (χ1v) is 5.42. The molecule has 17 heavy (non-hydrogen) atoms. The van der Waals surface area contributed by atoms with E-state index in [4.69, 9.17) is 9.84 Å². The second-order valence-electron chi connectivity index (χ2n) is 4.50. The van der Waals surface area contributed by atoms with Crippen LogP contribution >= 0.6 is 0 Å². The molecule has 5 nitrogen and oxygen atoms in total. The second-order valence-corrected chi connectivity index (χ2v) is 4.50. The second kappa shape index (κ2) is 4.27. The summed E-state index contributed by atoms with van der Waals surface area (Å²) in [5.41, 5.74) is -0.826. The van der Waals surface area contributed by atoms with Crippen LogP contribution in [0.15, 0.2) is 24.3 Å². The Hall–Kier alpha value is -1.14. The van der Waals surface area contributed by atoms with E-state index in [1.165, 1.54) is 19.1 Å². The molecule has 0 radical (unpaired) electrons. The van der Waals surface area contributed by atoms with Crippen LogP contribution in [0.5, 0.6) is 5.75 Å². The van der Waals surface area contributed by atoms with Crippen LogP contribution in [0.4, 0.5) is 0 Å². The molecule has 4 N–H and O–H groups in total. The summed E-state index contributed by atoms with van der Waals surface area (Å²) in [6, 6.07) is 6.18. The maximum Gasteiger partial charge on any atom is 0.121 e. The Morgan fingerprint density at radius 1 is 1.29 bits per heavy atom. The van der Waals surface area contributed by atoms with Crippen molar-refractivity contribution in [2.75, 3.05) is 6.61 Å². The molecule has 1 aromatic carbocycles. The minimum Gasteiger partial charge on any atom is -0.508 e. The molecule has 1 aliphatic rings. The van der Waals surface area contributed by atoms with Crippen LogP contribution in [-0.4, -0.2) is 44.8 Å². The standard InChI is InChI=1S/C12H16O5/c1-12(16)10(15)9(6-13)17-11(12)7-2-4-8(14)5-3-7/h2-5,9-11,13-16H,6H2,1H3/t9-,10-,11+,12-/m1/s1. The van der Waals surface area contributed by atoms with Gasteiger partial charge in [-0.15, -0.1) is 0 Å². The smallest absolute Gasteiger partial charge is 0.121 e. The number of rotatable bonds is 2. The lowest BCUT2D eigenvalue weighted by atomic mass is 9.89. The summed E-state index contributed by atoms with van der Waals surface area (Å²) in [4.78, 5) is 0. The molecule has 1 heterocycles. The van der Waals surface area contributed by atoms with Crippen molar-refractivity contribution in [3.63, 3.8) is 0 Å². The van der Waals surface area contributed by atoms with Crippen molar-refractivity contribution in [3.05, 3.63) is 29.8 Å². The van der Waals surface area contributed by atoms with Crippen molar-refractivity contribution in [3.8, 4) is 5.75 Å². The molecule has 0 aliphatic carbocycles. The zero-order chi connectivity index (χ0) is 12.6. The van der Waals surface area contributed by atoms with Crippen molar-refractivity contribution in [2.24, 2.45) is 0 Å². The van der Waals surface area contributed by atoms with Gasteiger partial charge in [0.15, 0.2) is 0 Å². The highest BCUT2D eigenvalue weighted by Crippen LogP contribution is 2.41. The number of ether oxygens (including phenoxy) is 1. The quantitative estimate of drug-likeness (QED) is 0.581. The molecule has 1 fully saturated rings. The Bertz CT molecular complexity index is 386. The summed E-state index contributed by atoms with van der Waals surface area (Å²) in [5.74, 6) is 0.116. The van der Waals surface area contributed by atoms with Gasteiger partial charge >= 0.3 is 0 Å². The number of benzene rings is 1. The fourth-order valence-corrected chi connectivity index (χ4v) is 2.13. The van der Waals surface area contributed by atoms with Gasteiger partial charge in [0.25, 0.3) is 0 Å². The van der Waals surface area contributed by atoms with Gasteiger partial charge in [-0.05, 0) is 24.6 Å². The maximum absolute atomic E-state index is 10.2. The van der Waals surface area contributed by atoms with E-state index >= 15 is 0 Å². The molecule has 0 bridgehead atoms. The topological polar surface area (TPSA) is 90.2 Å². The summed E-state index contributed by atoms with van der Waals surface area (Å²) >= 11 is 0. The molecular weight excluding hydrogens is 224 g/mol. The fraction of sp³-hybridized carbons (Fsp3) is 0.500. The molecular formula is C12H16O5. The van der Waals surface area contributed by atoms with E-state index in [1.54, 1.807) is 12.1 Å². The van der Waals surface area contributed by atoms with E-state index in [0.29, 0.717) is 5.56 Å². The Labute approximate surface area is 98.9 Å². The van der Waals surface area contributed by atoms with Crippen LogP contribution in [0.2, 0.25) is 0 Å². The van der Waals surface area contributed by atoms with Gasteiger partial charge in [0.1, 0.15) is 29.7 Å². The summed E-state index contributed by atoms with van der Waals surface area (Å²) in [6.07, 6.45) is -2.68. The number of phenols is 1. The Balaban J connectivity index is 2.30. The predicted octanol–water partition coefficient (Wildman–Crippen LogP) is -0.0637. The lowest BCUT2D eigenvalue weighted by Crippen LogP contribution is -2.42. The van der Waals surface area contributed by atoms with Gasteiger partial charge < -0.3 is 25.2 Å². The minimum atomic E-state index is -1.47. The number of hydrogen-bond acceptors (Lipinski definition) is 5. The number of aromatic hydroxyl groups is 1. The molecule has 94 valence electrons. The Kier molecular flexibility index (Phi) is 3.09. The molecule has 0 saturated carbocycles. The lowest BCUT2D eigenvalue weighted by Gasteiger charge is -2.26. The van der Waals surface area contributed by atoms with Crippen molar-refractivity contribution in [1.82, 2.24) is 0 Å². The maximum atomic E-state index is 10.2. The van der Waals surface area contributed by atoms with Crippen molar-refractivity contribution >= 4 is 0 Å². The molecule has 2 rings (SSSR count). The van der Waals surface area contributed by atoms with E-state index in [1.807, 2.05) is 0 Å². The molecule has 1 aliphatic heterocycles. The van der Waals surface area contributed by atoms with Gasteiger partial charge in [-0.2, -0.15) is 0 Å². The number of aliphatic hydroxyl groups excluding tert-OH is 2. The van der Waals surface area contributed by atoms with Crippen LogP contribution in [0.1, 0.15) is 18.6 Å². The molecule has 1 aromatic rings. The van der Waals surface area contributed by atoms with E-state index in [2.05, 4.69) is 0 Å². The van der Waals surface area contributed by atoms with E-state index in [9.17, 15) is 15.3 Å². The summed E-state index contributed by atoms with van der Waals surface area (Å²) in [7, 11) is 0. The van der Waals surface area contributed by atoms with Gasteiger partial charge in [-0.25, -0.2) is 0 Å². The molecule has 1 saturated heterocycles. The first-order valence-electron chi connectivity index (χ1n) is 5.42. The zero-order valence-corrected chi connectivity index (χ0v) is 9.45. The van der Waals surface area contributed by atoms with Gasteiger partial charge in [-0.3, -0.25) is 0 Å². The molecule has 0 aromatic heterocycles. The van der Waals surface area contributed by atoms with Gasteiger partial charge in [0, 0.05) is 0 Å². The van der Waals surface area contributed by atoms with Crippen LogP contribution in [0.25, 0.3) is 0 Å². The first kappa shape index (κ1) is 12.3. The summed E-state index contributed by atoms with van der Waals surface area (Å²) in [5, 5.41) is 38.2. The van der Waals surface area contributed by atoms with Gasteiger partial charge in [0.2, 0.25) is 0 Å². The molecule has 0 unspecified atom stereocenters. The van der Waals surface area contributed by atoms with Crippen molar-refractivity contribution in [2.45, 2.75) is 30.8 Å². The first-order chi connectivity index (χ1) is 7.96. The van der Waals surface area contributed by atoms with Gasteiger partial charge in [-0.1, -0.05) is 12.1 Å². The number of hydrogen-bond donors (Lipinski definition) is 4. The van der Waals surface area contributed by atoms with Crippen molar-refractivity contribution in [1.29, 1.82) is 0 Å². The normalized spacial score (nSPS) is 37.3. The third kappa shape index (κ3) is 2.02. The largest absolute Gasteiger partial charge is 0.508 e. The zero-order valence-electron chi connectivity index (χ0n) is 9.45. The highest BCUT2D eigenvalue weighted by Gasteiger charge is 2.52. The highest BCUT2D eigenvalue weighted by molar-refractivity contribution is 5.30. The molecule has 0 amide bonds. The minimum absolute atomic E-state index is 0.116. The van der Waals surface area contributed by atoms with Crippen LogP contribution in [0.3, 0.4) is 0 Å². The molecule has 4 atom stereocenters. The van der Waals surface area contributed by atoms with Crippen LogP contribution in [0, 0.1) is 0 Å². The average Bonchev–Trinajstić information content (AvgIpc) is 2.53. The molecule has 5 heteroatoms. The summed E-state index contributed by atoms with van der Waals surface area (Å²) in [6.45, 7) is 1.11. The third-order valence-electron chi connectivity index (χ3n) is 3.17. The van der Waals surface area contributed by atoms with Gasteiger partial charge in [0.05, 0.1) is 6.61 Å². The number of aliphatic hydroxyl groups is 3. The Morgan fingerprint density at radius 3 is 2.35 bits per heavy atom. The Morgan fingerprint density at radius 2 is 1.88 bits per heavy atom. The predicted molar refractivity (Wildman–Crippen MR) is 59.4 cm³/mol. The van der Waals surface area contributed by atoms with Crippen molar-refractivity contribution < 1.29 is 25.2 Å². The summed E-state index contributed by atoms with van der Waals surface area (Å²) < 4.78 is 5.43. The van der Waals surface area contributed by atoms with Crippen LogP contribution in [-0.2, 0) is 4.74 Å². The highest BCUT2D eigenvalue weighted by atomic mass is 16.6.